The zero-order valence-corrected chi connectivity index (χ0v) is 10.8. The molecule has 8 heteroatoms. The number of nitrogens with zero attached hydrogens (tertiary/aromatic N) is 3. The van der Waals surface area contributed by atoms with Gasteiger partial charge >= 0.3 is 12.3 Å². The van der Waals surface area contributed by atoms with Crippen LogP contribution >= 0.6 is 0 Å². The van der Waals surface area contributed by atoms with Gasteiger partial charge in [-0.2, -0.15) is 13.2 Å². The number of rotatable bonds is 2. The number of hydrogen-bond acceptors (Lipinski definition) is 2. The molecule has 0 radical (unpaired) electrons. The minimum absolute atomic E-state index is 0.0920. The fourth-order valence-electron chi connectivity index (χ4n) is 1.94. The predicted octanol–water partition coefficient (Wildman–Crippen LogP) is 3.19. The van der Waals surface area contributed by atoms with Gasteiger partial charge < -0.3 is 9.67 Å². The summed E-state index contributed by atoms with van der Waals surface area (Å²) < 4.78 is 39.6. The largest absolute Gasteiger partial charge is 0.465 e. The van der Waals surface area contributed by atoms with Gasteiger partial charge in [-0.05, 0) is 25.1 Å². The Hall–Kier alpha value is -2.25. The van der Waals surface area contributed by atoms with E-state index in [1.165, 1.54) is 17.7 Å². The second-order valence-corrected chi connectivity index (χ2v) is 4.20. The van der Waals surface area contributed by atoms with Gasteiger partial charge in [0.05, 0.1) is 16.6 Å². The molecule has 2 aromatic rings. The van der Waals surface area contributed by atoms with Crippen molar-refractivity contribution in [3.8, 4) is 0 Å². The van der Waals surface area contributed by atoms with Gasteiger partial charge in [-0.25, -0.2) is 9.78 Å². The Morgan fingerprint density at radius 1 is 1.45 bits per heavy atom. The monoisotopic (exact) mass is 287 g/mol. The second kappa shape index (κ2) is 4.69. The van der Waals surface area contributed by atoms with Crippen molar-refractivity contribution in [1.29, 1.82) is 0 Å². The number of carboxylic acid groups (broad SMARTS) is 1. The summed E-state index contributed by atoms with van der Waals surface area (Å²) in [7, 11) is 1.29. The molecule has 0 bridgehead atoms. The molecule has 0 atom stereocenters. The van der Waals surface area contributed by atoms with Crippen LogP contribution in [0.3, 0.4) is 0 Å². The van der Waals surface area contributed by atoms with Gasteiger partial charge in [0.1, 0.15) is 0 Å². The maximum absolute atomic E-state index is 12.7. The summed E-state index contributed by atoms with van der Waals surface area (Å²) in [6, 6.07) is 3.15. The molecule has 108 valence electrons. The molecule has 1 aromatic carbocycles. The van der Waals surface area contributed by atoms with Gasteiger partial charge in [-0.3, -0.25) is 4.90 Å². The van der Waals surface area contributed by atoms with Crippen LogP contribution in [0.2, 0.25) is 0 Å². The highest BCUT2D eigenvalue weighted by Gasteiger charge is 2.31. The third-order valence-corrected chi connectivity index (χ3v) is 2.96. The van der Waals surface area contributed by atoms with Crippen LogP contribution in [0.4, 0.5) is 23.9 Å². The fraction of sp³-hybridized carbons (Fsp3) is 0.333. The molecule has 20 heavy (non-hydrogen) atoms. The first-order valence-electron chi connectivity index (χ1n) is 5.79. The summed E-state index contributed by atoms with van der Waals surface area (Å²) in [5.41, 5.74) is -0.211. The van der Waals surface area contributed by atoms with Crippen LogP contribution in [-0.4, -0.2) is 27.8 Å². The normalized spacial score (nSPS) is 11.8. The summed E-state index contributed by atoms with van der Waals surface area (Å²) in [6.07, 6.45) is -5.68. The quantitative estimate of drug-likeness (QED) is 0.922. The van der Waals surface area contributed by atoms with E-state index in [9.17, 15) is 18.0 Å². The van der Waals surface area contributed by atoms with Crippen LogP contribution in [-0.2, 0) is 12.7 Å². The molecule has 0 spiro atoms. The lowest BCUT2D eigenvalue weighted by Gasteiger charge is -2.13. The maximum Gasteiger partial charge on any atom is 0.416 e. The second-order valence-electron chi connectivity index (χ2n) is 4.20. The highest BCUT2D eigenvalue weighted by molar-refractivity contribution is 5.87. The standard InChI is InChI=1S/C12H12F3N3O2/c1-3-18-9-6-7(12(13,14)15)4-5-8(9)16-10(18)17(2)11(19)20/h4-6H,3H2,1-2H3,(H,19,20). The van der Waals surface area contributed by atoms with Crippen LogP contribution in [0.25, 0.3) is 11.0 Å². The van der Waals surface area contributed by atoms with E-state index < -0.39 is 17.8 Å². The third kappa shape index (κ3) is 2.28. The molecule has 2 rings (SSSR count). The van der Waals surface area contributed by atoms with Crippen molar-refractivity contribution in [2.75, 3.05) is 11.9 Å². The molecule has 0 saturated heterocycles. The molecular formula is C12H12F3N3O2. The molecule has 1 N–H and O–H groups in total. The first-order valence-corrected chi connectivity index (χ1v) is 5.79. The Morgan fingerprint density at radius 3 is 2.60 bits per heavy atom. The lowest BCUT2D eigenvalue weighted by Crippen LogP contribution is -2.27. The number of carbonyl (C=O) groups is 1. The van der Waals surface area contributed by atoms with Crippen molar-refractivity contribution in [1.82, 2.24) is 9.55 Å². The summed E-state index contributed by atoms with van der Waals surface area (Å²) in [5, 5.41) is 8.96. The predicted molar refractivity (Wildman–Crippen MR) is 66.8 cm³/mol. The number of fused-ring (bicyclic) bond motifs is 1. The molecule has 1 aromatic heterocycles. The van der Waals surface area contributed by atoms with E-state index in [0.717, 1.165) is 17.0 Å². The summed E-state index contributed by atoms with van der Waals surface area (Å²) in [5.74, 6) is 0.0920. The summed E-state index contributed by atoms with van der Waals surface area (Å²) in [6.45, 7) is 2.02. The maximum atomic E-state index is 12.7. The molecule has 1 amide bonds. The Labute approximate surface area is 112 Å². The van der Waals surface area contributed by atoms with Crippen molar-refractivity contribution >= 4 is 23.1 Å². The molecule has 1 heterocycles. The Balaban J connectivity index is 2.67. The first-order chi connectivity index (χ1) is 9.25. The van der Waals surface area contributed by atoms with Crippen molar-refractivity contribution in [2.45, 2.75) is 19.6 Å². The number of aromatic nitrogens is 2. The van der Waals surface area contributed by atoms with E-state index >= 15 is 0 Å². The summed E-state index contributed by atoms with van der Waals surface area (Å²) >= 11 is 0. The Bertz CT molecular complexity index is 664. The molecule has 0 aliphatic heterocycles. The molecule has 0 aliphatic carbocycles. The number of imidazole rings is 1. The van der Waals surface area contributed by atoms with Gasteiger partial charge in [-0.15, -0.1) is 0 Å². The van der Waals surface area contributed by atoms with Crippen LogP contribution in [0.5, 0.6) is 0 Å². The topological polar surface area (TPSA) is 58.4 Å². The van der Waals surface area contributed by atoms with Gasteiger partial charge in [-0.1, -0.05) is 0 Å². The van der Waals surface area contributed by atoms with Crippen LogP contribution in [0, 0.1) is 0 Å². The lowest BCUT2D eigenvalue weighted by molar-refractivity contribution is -0.137. The average molecular weight is 287 g/mol. The van der Waals surface area contributed by atoms with Crippen LogP contribution in [0.1, 0.15) is 12.5 Å². The van der Waals surface area contributed by atoms with Crippen molar-refractivity contribution in [3.63, 3.8) is 0 Å². The molecule has 0 aliphatic rings. The molecule has 0 unspecified atom stereocenters. The number of anilines is 1. The van der Waals surface area contributed by atoms with E-state index in [-0.39, 0.29) is 11.5 Å². The van der Waals surface area contributed by atoms with E-state index in [1.54, 1.807) is 6.92 Å². The minimum atomic E-state index is -4.45. The number of amides is 1. The van der Waals surface area contributed by atoms with E-state index in [2.05, 4.69) is 4.98 Å². The molecule has 0 saturated carbocycles. The fourth-order valence-corrected chi connectivity index (χ4v) is 1.94. The average Bonchev–Trinajstić information content (AvgIpc) is 2.73. The Kier molecular flexibility index (Phi) is 3.33. The first kappa shape index (κ1) is 14.2. The number of hydrogen-bond donors (Lipinski definition) is 1. The van der Waals surface area contributed by atoms with Gasteiger partial charge in [0.2, 0.25) is 5.95 Å². The van der Waals surface area contributed by atoms with Gasteiger partial charge in [0.25, 0.3) is 0 Å². The van der Waals surface area contributed by atoms with Crippen molar-refractivity contribution in [2.24, 2.45) is 0 Å². The number of alkyl halides is 3. The van der Waals surface area contributed by atoms with E-state index in [1.807, 2.05) is 0 Å². The minimum Gasteiger partial charge on any atom is -0.465 e. The lowest BCUT2D eigenvalue weighted by atomic mass is 10.2. The van der Waals surface area contributed by atoms with Gasteiger partial charge in [0.15, 0.2) is 0 Å². The SMILES string of the molecule is CCn1c(N(C)C(=O)O)nc2ccc(C(F)(F)F)cc21. The smallest absolute Gasteiger partial charge is 0.416 e. The molecule has 5 nitrogen and oxygen atoms in total. The number of halogens is 3. The Morgan fingerprint density at radius 2 is 2.10 bits per heavy atom. The van der Waals surface area contributed by atoms with Crippen molar-refractivity contribution in [3.05, 3.63) is 23.8 Å². The highest BCUT2D eigenvalue weighted by Crippen LogP contribution is 2.32. The van der Waals surface area contributed by atoms with Crippen molar-refractivity contribution < 1.29 is 23.1 Å². The highest BCUT2D eigenvalue weighted by atomic mass is 19.4. The third-order valence-electron chi connectivity index (χ3n) is 2.96. The molecular weight excluding hydrogens is 275 g/mol. The summed E-state index contributed by atoms with van der Waals surface area (Å²) in [4.78, 5) is 15.9. The molecule has 0 fully saturated rings. The number of benzene rings is 1. The van der Waals surface area contributed by atoms with E-state index in [0.29, 0.717) is 12.1 Å². The number of aryl methyl sites for hydroxylation is 1. The van der Waals surface area contributed by atoms with Crippen LogP contribution < -0.4 is 4.90 Å². The van der Waals surface area contributed by atoms with Gasteiger partial charge in [0, 0.05) is 13.6 Å². The zero-order chi connectivity index (χ0) is 15.1. The van der Waals surface area contributed by atoms with Crippen LogP contribution in [0.15, 0.2) is 18.2 Å². The van der Waals surface area contributed by atoms with E-state index in [4.69, 9.17) is 5.11 Å². The zero-order valence-electron chi connectivity index (χ0n) is 10.8.